The van der Waals surface area contributed by atoms with Crippen molar-refractivity contribution in [3.05, 3.63) is 29.3 Å². The van der Waals surface area contributed by atoms with Gasteiger partial charge in [0.1, 0.15) is 5.75 Å². The Labute approximate surface area is 120 Å². The molecule has 0 spiro atoms. The summed E-state index contributed by atoms with van der Waals surface area (Å²) in [6, 6.07) is 6.01. The fourth-order valence-electron chi connectivity index (χ4n) is 4.30. The summed E-state index contributed by atoms with van der Waals surface area (Å²) in [6.07, 6.45) is 1.71. The van der Waals surface area contributed by atoms with Crippen molar-refractivity contribution in [3.63, 3.8) is 0 Å². The molecule has 1 heterocycles. The molecule has 3 nitrogen and oxygen atoms in total. The number of nitrogens with zero attached hydrogens (tertiary/aromatic N) is 1. The topological polar surface area (TPSA) is 40.5 Å². The molecule has 2 atom stereocenters. The molecule has 2 bridgehead atoms. The maximum absolute atomic E-state index is 12.0. The van der Waals surface area contributed by atoms with Gasteiger partial charge in [0, 0.05) is 24.9 Å². The molecule has 0 aromatic heterocycles. The third-order valence-corrected chi connectivity index (χ3v) is 6.03. The number of amides is 1. The summed E-state index contributed by atoms with van der Waals surface area (Å²) in [7, 11) is 0. The molecule has 1 amide bonds. The number of fused-ring (bicyclic) bond motifs is 4. The van der Waals surface area contributed by atoms with Crippen LogP contribution in [0.2, 0.25) is 0 Å². The van der Waals surface area contributed by atoms with Crippen LogP contribution in [0.5, 0.6) is 5.75 Å². The number of rotatable bonds is 0. The van der Waals surface area contributed by atoms with Crippen molar-refractivity contribution in [2.75, 3.05) is 6.54 Å². The summed E-state index contributed by atoms with van der Waals surface area (Å²) in [5.41, 5.74) is 2.32. The second-order valence-corrected chi connectivity index (χ2v) is 7.04. The lowest BCUT2D eigenvalue weighted by atomic mass is 9.51. The van der Waals surface area contributed by atoms with Gasteiger partial charge in [0.25, 0.3) is 0 Å². The molecule has 20 heavy (non-hydrogen) atoms. The Balaban J connectivity index is 2.21. The van der Waals surface area contributed by atoms with Crippen molar-refractivity contribution in [3.8, 4) is 5.75 Å². The summed E-state index contributed by atoms with van der Waals surface area (Å²) in [5.74, 6) is 0.517. The van der Waals surface area contributed by atoms with E-state index < -0.39 is 0 Å². The Morgan fingerprint density at radius 1 is 1.35 bits per heavy atom. The minimum atomic E-state index is 0.00986. The Morgan fingerprint density at radius 3 is 2.70 bits per heavy atom. The number of aromatic hydroxyl groups is 1. The highest BCUT2D eigenvalue weighted by Gasteiger charge is 2.56. The van der Waals surface area contributed by atoms with E-state index in [1.807, 2.05) is 11.0 Å². The fourth-order valence-corrected chi connectivity index (χ4v) is 4.30. The highest BCUT2D eigenvalue weighted by molar-refractivity contribution is 5.74. The third-order valence-electron chi connectivity index (χ3n) is 6.03. The molecule has 1 aliphatic carbocycles. The van der Waals surface area contributed by atoms with E-state index in [1.165, 1.54) is 5.56 Å². The minimum Gasteiger partial charge on any atom is -0.508 e. The molecule has 0 radical (unpaired) electrons. The van der Waals surface area contributed by atoms with Gasteiger partial charge < -0.3 is 10.0 Å². The number of hydrogen-bond acceptors (Lipinski definition) is 2. The molecule has 1 saturated heterocycles. The number of carbonyl (C=O) groups excluding carboxylic acids is 1. The van der Waals surface area contributed by atoms with Gasteiger partial charge in [0.05, 0.1) is 0 Å². The second-order valence-electron chi connectivity index (χ2n) is 7.04. The van der Waals surface area contributed by atoms with E-state index in [9.17, 15) is 9.90 Å². The van der Waals surface area contributed by atoms with Crippen molar-refractivity contribution < 1.29 is 9.90 Å². The predicted molar refractivity (Wildman–Crippen MR) is 78.7 cm³/mol. The van der Waals surface area contributed by atoms with E-state index in [0.29, 0.717) is 5.75 Å². The standard InChI is InChI=1S/C17H23NO2/c1-11(19)18-9-8-17(4)13-6-5-7-14(20)12(13)10-15(18)16(17,2)3/h5-7,15,20H,8-10H2,1-4H3/t15-,17+/m1/s1. The number of carbonyl (C=O) groups is 1. The molecule has 1 N–H and O–H groups in total. The average molecular weight is 273 g/mol. The van der Waals surface area contributed by atoms with E-state index in [2.05, 4.69) is 26.8 Å². The van der Waals surface area contributed by atoms with Gasteiger partial charge in [-0.3, -0.25) is 4.79 Å². The molecule has 1 aromatic carbocycles. The van der Waals surface area contributed by atoms with Crippen LogP contribution < -0.4 is 0 Å². The van der Waals surface area contributed by atoms with Gasteiger partial charge in [-0.15, -0.1) is 0 Å². The van der Waals surface area contributed by atoms with Crippen LogP contribution in [-0.4, -0.2) is 28.5 Å². The monoisotopic (exact) mass is 273 g/mol. The lowest BCUT2D eigenvalue weighted by Crippen LogP contribution is -2.64. The van der Waals surface area contributed by atoms with Gasteiger partial charge in [0.15, 0.2) is 0 Å². The van der Waals surface area contributed by atoms with Crippen LogP contribution in [0.3, 0.4) is 0 Å². The van der Waals surface area contributed by atoms with Crippen molar-refractivity contribution in [1.29, 1.82) is 0 Å². The van der Waals surface area contributed by atoms with Gasteiger partial charge in [-0.25, -0.2) is 0 Å². The van der Waals surface area contributed by atoms with Gasteiger partial charge in [-0.05, 0) is 35.4 Å². The molecule has 3 rings (SSSR count). The molecular formula is C17H23NO2. The number of phenols is 1. The quantitative estimate of drug-likeness (QED) is 0.789. The van der Waals surface area contributed by atoms with Crippen molar-refractivity contribution in [2.24, 2.45) is 5.41 Å². The van der Waals surface area contributed by atoms with E-state index >= 15 is 0 Å². The molecule has 1 fully saturated rings. The van der Waals surface area contributed by atoms with Gasteiger partial charge in [-0.1, -0.05) is 32.9 Å². The van der Waals surface area contributed by atoms with Crippen molar-refractivity contribution in [2.45, 2.75) is 52.0 Å². The summed E-state index contributed by atoms with van der Waals surface area (Å²) in [5, 5.41) is 10.2. The van der Waals surface area contributed by atoms with Crippen molar-refractivity contribution >= 4 is 5.91 Å². The Bertz CT molecular complexity index is 578. The lowest BCUT2D eigenvalue weighted by Gasteiger charge is -2.60. The van der Waals surface area contributed by atoms with E-state index in [0.717, 1.165) is 24.9 Å². The smallest absolute Gasteiger partial charge is 0.219 e. The van der Waals surface area contributed by atoms with E-state index in [-0.39, 0.29) is 22.8 Å². The van der Waals surface area contributed by atoms with Gasteiger partial charge in [0.2, 0.25) is 5.91 Å². The van der Waals surface area contributed by atoms with Crippen LogP contribution in [0.1, 0.15) is 45.2 Å². The lowest BCUT2D eigenvalue weighted by molar-refractivity contribution is -0.141. The van der Waals surface area contributed by atoms with Crippen LogP contribution in [-0.2, 0) is 16.6 Å². The van der Waals surface area contributed by atoms with Crippen LogP contribution in [0.15, 0.2) is 18.2 Å². The third kappa shape index (κ3) is 1.49. The molecule has 0 saturated carbocycles. The number of phenolic OH excluding ortho intramolecular Hbond substituents is 1. The first kappa shape index (κ1) is 13.5. The summed E-state index contributed by atoms with van der Waals surface area (Å²) >= 11 is 0. The molecule has 2 aliphatic rings. The minimum absolute atomic E-state index is 0.00986. The average Bonchev–Trinajstić information content (AvgIpc) is 2.34. The molecular weight excluding hydrogens is 250 g/mol. The van der Waals surface area contributed by atoms with Crippen LogP contribution >= 0.6 is 0 Å². The van der Waals surface area contributed by atoms with Gasteiger partial charge >= 0.3 is 0 Å². The first-order valence-electron chi connectivity index (χ1n) is 7.37. The van der Waals surface area contributed by atoms with Crippen LogP contribution in [0.25, 0.3) is 0 Å². The summed E-state index contributed by atoms with van der Waals surface area (Å²) in [6.45, 7) is 9.28. The first-order valence-corrected chi connectivity index (χ1v) is 7.37. The van der Waals surface area contributed by atoms with E-state index in [4.69, 9.17) is 0 Å². The summed E-state index contributed by atoms with van der Waals surface area (Å²) < 4.78 is 0. The highest BCUT2D eigenvalue weighted by Crippen LogP contribution is 2.57. The Kier molecular flexibility index (Phi) is 2.69. The maximum atomic E-state index is 12.0. The second kappa shape index (κ2) is 4.00. The maximum Gasteiger partial charge on any atom is 0.219 e. The molecule has 3 heteroatoms. The van der Waals surface area contributed by atoms with E-state index in [1.54, 1.807) is 13.0 Å². The summed E-state index contributed by atoms with van der Waals surface area (Å²) in [4.78, 5) is 13.9. The Morgan fingerprint density at radius 2 is 2.05 bits per heavy atom. The number of hydrogen-bond donors (Lipinski definition) is 1. The largest absolute Gasteiger partial charge is 0.508 e. The SMILES string of the molecule is CC(=O)N1CC[C@@]2(C)c3cccc(O)c3C[C@@H]1C2(C)C. The number of benzene rings is 1. The molecule has 0 unspecified atom stereocenters. The normalized spacial score (nSPS) is 30.8. The molecule has 1 aromatic rings. The predicted octanol–water partition coefficient (Wildman–Crippen LogP) is 2.85. The molecule has 1 aliphatic heterocycles. The Hall–Kier alpha value is -1.51. The zero-order valence-corrected chi connectivity index (χ0v) is 12.7. The van der Waals surface area contributed by atoms with Crippen LogP contribution in [0, 0.1) is 5.41 Å². The zero-order valence-electron chi connectivity index (χ0n) is 12.7. The first-order chi connectivity index (χ1) is 9.29. The number of piperidine rings is 1. The van der Waals surface area contributed by atoms with Gasteiger partial charge in [-0.2, -0.15) is 0 Å². The fraction of sp³-hybridized carbons (Fsp3) is 0.588. The highest BCUT2D eigenvalue weighted by atomic mass is 16.3. The number of likely N-dealkylation sites (tertiary alicyclic amines) is 1. The molecule has 108 valence electrons. The van der Waals surface area contributed by atoms with Crippen molar-refractivity contribution in [1.82, 2.24) is 4.90 Å². The zero-order chi connectivity index (χ0) is 14.7. The van der Waals surface area contributed by atoms with Crippen LogP contribution in [0.4, 0.5) is 0 Å².